The Morgan fingerprint density at radius 3 is 2.65 bits per heavy atom. The maximum atomic E-state index is 12.5. The highest BCUT2D eigenvalue weighted by atomic mass is 127. The third-order valence-corrected chi connectivity index (χ3v) is 4.32. The lowest BCUT2D eigenvalue weighted by Gasteiger charge is -2.14. The summed E-state index contributed by atoms with van der Waals surface area (Å²) in [5.74, 6) is 0.808. The second-order valence-electron chi connectivity index (χ2n) is 4.50. The molecule has 122 valence electrons. The number of rotatable bonds is 5. The molecule has 0 bridgehead atoms. The number of methoxy groups -OCH3 is 1. The Morgan fingerprint density at radius 2 is 2.00 bits per heavy atom. The van der Waals surface area contributed by atoms with Crippen molar-refractivity contribution in [3.8, 4) is 11.5 Å². The molecule has 4 nitrogen and oxygen atoms in total. The summed E-state index contributed by atoms with van der Waals surface area (Å²) in [6, 6.07) is 8.23. The molecule has 0 atom stereocenters. The number of carbonyl (C=O) groups is 1. The number of carbonyl (C=O) groups excluding carboxylic acids is 1. The molecule has 0 aliphatic rings. The van der Waals surface area contributed by atoms with Crippen LogP contribution in [0.1, 0.15) is 17.3 Å². The molecule has 2 aromatic rings. The molecular weight excluding hydrogens is 452 g/mol. The SMILES string of the molecule is CCOc1c(I)cc(C(=O)Nc2cc(Cl)ccc2Cl)cc1OC. The molecule has 0 saturated heterocycles. The Hall–Kier alpha value is -1.18. The molecule has 0 spiro atoms. The molecule has 0 saturated carbocycles. The zero-order valence-electron chi connectivity index (χ0n) is 12.5. The van der Waals surface area contributed by atoms with E-state index in [4.69, 9.17) is 32.7 Å². The van der Waals surface area contributed by atoms with E-state index in [0.29, 0.717) is 39.4 Å². The lowest BCUT2D eigenvalue weighted by atomic mass is 10.2. The van der Waals surface area contributed by atoms with E-state index >= 15 is 0 Å². The fraction of sp³-hybridized carbons (Fsp3) is 0.188. The predicted molar refractivity (Wildman–Crippen MR) is 101 cm³/mol. The van der Waals surface area contributed by atoms with Gasteiger partial charge in [0.15, 0.2) is 11.5 Å². The Labute approximate surface area is 158 Å². The molecule has 0 fully saturated rings. The van der Waals surface area contributed by atoms with Crippen molar-refractivity contribution in [3.63, 3.8) is 0 Å². The number of nitrogens with one attached hydrogen (secondary N) is 1. The van der Waals surface area contributed by atoms with Crippen LogP contribution in [0.25, 0.3) is 0 Å². The molecule has 7 heteroatoms. The van der Waals surface area contributed by atoms with Crippen LogP contribution in [-0.4, -0.2) is 19.6 Å². The monoisotopic (exact) mass is 465 g/mol. The van der Waals surface area contributed by atoms with E-state index in [2.05, 4.69) is 27.9 Å². The van der Waals surface area contributed by atoms with E-state index in [0.717, 1.165) is 3.57 Å². The molecule has 0 unspecified atom stereocenters. The van der Waals surface area contributed by atoms with E-state index in [9.17, 15) is 4.79 Å². The van der Waals surface area contributed by atoms with Gasteiger partial charge in [0.25, 0.3) is 5.91 Å². The zero-order chi connectivity index (χ0) is 17.0. The van der Waals surface area contributed by atoms with E-state index in [-0.39, 0.29) is 5.91 Å². The summed E-state index contributed by atoms with van der Waals surface area (Å²) in [5, 5.41) is 3.64. The third-order valence-electron chi connectivity index (χ3n) is 2.96. The minimum atomic E-state index is -0.312. The Bertz CT molecular complexity index is 738. The first-order valence-electron chi connectivity index (χ1n) is 6.73. The topological polar surface area (TPSA) is 47.6 Å². The van der Waals surface area contributed by atoms with Crippen LogP contribution in [0.5, 0.6) is 11.5 Å². The van der Waals surface area contributed by atoms with Gasteiger partial charge in [0, 0.05) is 10.6 Å². The van der Waals surface area contributed by atoms with Crippen LogP contribution < -0.4 is 14.8 Å². The lowest BCUT2D eigenvalue weighted by molar-refractivity contribution is 0.102. The highest BCUT2D eigenvalue weighted by molar-refractivity contribution is 14.1. The van der Waals surface area contributed by atoms with Crippen LogP contribution >= 0.6 is 45.8 Å². The summed E-state index contributed by atoms with van der Waals surface area (Å²) in [6.45, 7) is 2.40. The molecule has 0 aromatic heterocycles. The highest BCUT2D eigenvalue weighted by Crippen LogP contribution is 2.34. The fourth-order valence-electron chi connectivity index (χ4n) is 1.92. The Balaban J connectivity index is 2.32. The van der Waals surface area contributed by atoms with E-state index < -0.39 is 0 Å². The first-order chi connectivity index (χ1) is 11.0. The molecule has 0 radical (unpaired) electrons. The van der Waals surface area contributed by atoms with Gasteiger partial charge in [-0.25, -0.2) is 0 Å². The van der Waals surface area contributed by atoms with Gasteiger partial charge < -0.3 is 14.8 Å². The molecule has 0 aliphatic carbocycles. The minimum absolute atomic E-state index is 0.312. The number of halogens is 3. The van der Waals surface area contributed by atoms with Gasteiger partial charge in [-0.15, -0.1) is 0 Å². The van der Waals surface area contributed by atoms with Crippen molar-refractivity contribution in [3.05, 3.63) is 49.5 Å². The molecule has 2 rings (SSSR count). The summed E-state index contributed by atoms with van der Waals surface area (Å²) >= 11 is 14.1. The first kappa shape index (κ1) is 18.2. The molecule has 23 heavy (non-hydrogen) atoms. The van der Waals surface area contributed by atoms with Gasteiger partial charge >= 0.3 is 0 Å². The number of ether oxygens (including phenoxy) is 2. The van der Waals surface area contributed by atoms with Gasteiger partial charge in [0.1, 0.15) is 0 Å². The van der Waals surface area contributed by atoms with E-state index in [1.807, 2.05) is 6.92 Å². The molecule has 1 amide bonds. The molecular formula is C16H14Cl2INO3. The summed E-state index contributed by atoms with van der Waals surface area (Å²) < 4.78 is 11.6. The highest BCUT2D eigenvalue weighted by Gasteiger charge is 2.16. The second-order valence-corrected chi connectivity index (χ2v) is 6.51. The average molecular weight is 466 g/mol. The zero-order valence-corrected chi connectivity index (χ0v) is 16.1. The van der Waals surface area contributed by atoms with Gasteiger partial charge in [0.05, 0.1) is 28.0 Å². The second kappa shape index (κ2) is 8.08. The number of anilines is 1. The number of benzene rings is 2. The largest absolute Gasteiger partial charge is 0.493 e. The smallest absolute Gasteiger partial charge is 0.255 e. The van der Waals surface area contributed by atoms with Crippen LogP contribution in [0, 0.1) is 3.57 Å². The number of hydrogen-bond donors (Lipinski definition) is 1. The van der Waals surface area contributed by atoms with Crippen molar-refractivity contribution >= 4 is 57.4 Å². The predicted octanol–water partition coefficient (Wildman–Crippen LogP) is 5.26. The van der Waals surface area contributed by atoms with Crippen LogP contribution in [-0.2, 0) is 0 Å². The van der Waals surface area contributed by atoms with E-state index in [1.165, 1.54) is 7.11 Å². The number of hydrogen-bond acceptors (Lipinski definition) is 3. The lowest BCUT2D eigenvalue weighted by Crippen LogP contribution is -2.13. The molecule has 1 N–H and O–H groups in total. The first-order valence-corrected chi connectivity index (χ1v) is 8.56. The van der Waals surface area contributed by atoms with Crippen LogP contribution in [0.2, 0.25) is 10.0 Å². The van der Waals surface area contributed by atoms with Crippen molar-refractivity contribution in [2.45, 2.75) is 6.92 Å². The summed E-state index contributed by atoms with van der Waals surface area (Å²) in [6.07, 6.45) is 0. The third kappa shape index (κ3) is 4.43. The minimum Gasteiger partial charge on any atom is -0.493 e. The van der Waals surface area contributed by atoms with Gasteiger partial charge in [-0.3, -0.25) is 4.79 Å². The van der Waals surface area contributed by atoms with Gasteiger partial charge in [-0.2, -0.15) is 0 Å². The van der Waals surface area contributed by atoms with Crippen molar-refractivity contribution in [2.24, 2.45) is 0 Å². The fourth-order valence-corrected chi connectivity index (χ4v) is 3.02. The van der Waals surface area contributed by atoms with Crippen molar-refractivity contribution in [1.82, 2.24) is 0 Å². The standard InChI is InChI=1S/C16H14Cl2INO3/c1-3-23-15-12(19)6-9(7-14(15)22-2)16(21)20-13-8-10(17)4-5-11(13)18/h4-8H,3H2,1-2H3,(H,20,21). The van der Waals surface area contributed by atoms with Crippen molar-refractivity contribution in [1.29, 1.82) is 0 Å². The Morgan fingerprint density at radius 1 is 1.26 bits per heavy atom. The van der Waals surface area contributed by atoms with Crippen LogP contribution in [0.3, 0.4) is 0 Å². The van der Waals surface area contributed by atoms with Crippen LogP contribution in [0.4, 0.5) is 5.69 Å². The quantitative estimate of drug-likeness (QED) is 0.613. The number of amides is 1. The average Bonchev–Trinajstić information content (AvgIpc) is 2.52. The van der Waals surface area contributed by atoms with Gasteiger partial charge in [-0.1, -0.05) is 23.2 Å². The summed E-state index contributed by atoms with van der Waals surface area (Å²) in [7, 11) is 1.53. The molecule has 2 aromatic carbocycles. The Kier molecular flexibility index (Phi) is 6.38. The van der Waals surface area contributed by atoms with Gasteiger partial charge in [0.2, 0.25) is 0 Å². The maximum absolute atomic E-state index is 12.5. The summed E-state index contributed by atoms with van der Waals surface area (Å²) in [5.41, 5.74) is 0.887. The van der Waals surface area contributed by atoms with Gasteiger partial charge in [-0.05, 0) is 59.8 Å². The van der Waals surface area contributed by atoms with Crippen molar-refractivity contribution in [2.75, 3.05) is 19.0 Å². The molecule has 0 heterocycles. The molecule has 0 aliphatic heterocycles. The maximum Gasteiger partial charge on any atom is 0.255 e. The van der Waals surface area contributed by atoms with Crippen molar-refractivity contribution < 1.29 is 14.3 Å². The van der Waals surface area contributed by atoms with E-state index in [1.54, 1.807) is 30.3 Å². The summed E-state index contributed by atoms with van der Waals surface area (Å²) in [4.78, 5) is 12.5. The normalized spacial score (nSPS) is 10.3. The van der Waals surface area contributed by atoms with Crippen LogP contribution in [0.15, 0.2) is 30.3 Å².